The van der Waals surface area contributed by atoms with Crippen LogP contribution < -0.4 is 20.9 Å². The summed E-state index contributed by atoms with van der Waals surface area (Å²) in [4.78, 5) is 28.7. The van der Waals surface area contributed by atoms with E-state index in [0.29, 0.717) is 37.3 Å². The minimum absolute atomic E-state index is 0. The summed E-state index contributed by atoms with van der Waals surface area (Å²) < 4.78 is 45.2. The van der Waals surface area contributed by atoms with Gasteiger partial charge >= 0.3 is 11.9 Å². The zero-order chi connectivity index (χ0) is 22.6. The lowest BCUT2D eigenvalue weighted by atomic mass is 10.2. The molecule has 1 fully saturated rings. The molecule has 0 radical (unpaired) electrons. The number of para-hydroxylation sites is 2. The first-order chi connectivity index (χ1) is 14.7. The zero-order valence-electron chi connectivity index (χ0n) is 18.1. The Balaban J connectivity index is 0.00000363. The Labute approximate surface area is 190 Å². The largest absolute Gasteiger partial charge is 0.482 e. The number of rotatable bonds is 7. The molecule has 0 bridgehead atoms. The summed E-state index contributed by atoms with van der Waals surface area (Å²) in [5.41, 5.74) is 0.600. The van der Waals surface area contributed by atoms with Crippen molar-refractivity contribution >= 4 is 18.1 Å². The lowest BCUT2D eigenvalue weighted by Crippen LogP contribution is -2.47. The summed E-state index contributed by atoms with van der Waals surface area (Å²) in [7, 11) is 1.63. The van der Waals surface area contributed by atoms with Crippen LogP contribution >= 0.6 is 12.4 Å². The molecule has 0 amide bonds. The molecule has 1 saturated heterocycles. The van der Waals surface area contributed by atoms with Crippen LogP contribution in [0.3, 0.4) is 0 Å². The van der Waals surface area contributed by atoms with Gasteiger partial charge in [-0.05, 0) is 32.0 Å². The Morgan fingerprint density at radius 1 is 1.03 bits per heavy atom. The fraction of sp³-hybridized carbons (Fsp3) is 0.524. The summed E-state index contributed by atoms with van der Waals surface area (Å²) in [6.45, 7) is 4.21. The van der Waals surface area contributed by atoms with Gasteiger partial charge in [-0.3, -0.25) is 14.3 Å². The lowest BCUT2D eigenvalue weighted by Gasteiger charge is -2.36. The Morgan fingerprint density at radius 3 is 2.34 bits per heavy atom. The summed E-state index contributed by atoms with van der Waals surface area (Å²) in [5, 5.41) is 0. The molecule has 0 aliphatic carbocycles. The van der Waals surface area contributed by atoms with Crippen LogP contribution in [0.4, 0.5) is 18.9 Å². The number of alkyl halides is 3. The predicted octanol–water partition coefficient (Wildman–Crippen LogP) is 2.43. The van der Waals surface area contributed by atoms with Crippen molar-refractivity contribution in [3.8, 4) is 5.75 Å². The highest BCUT2D eigenvalue weighted by atomic mass is 35.5. The van der Waals surface area contributed by atoms with Crippen LogP contribution in [0.1, 0.15) is 12.0 Å². The van der Waals surface area contributed by atoms with E-state index in [1.54, 1.807) is 38.2 Å². The number of nitrogens with zero attached hydrogens (tertiary/aromatic N) is 4. The van der Waals surface area contributed by atoms with Crippen molar-refractivity contribution in [2.24, 2.45) is 7.05 Å². The Bertz CT molecular complexity index is 980. The first kappa shape index (κ1) is 25.8. The van der Waals surface area contributed by atoms with Crippen LogP contribution in [0, 0.1) is 6.92 Å². The summed E-state index contributed by atoms with van der Waals surface area (Å²) in [6.07, 6.45) is -2.19. The Morgan fingerprint density at radius 2 is 1.69 bits per heavy atom. The molecule has 2 aromatic rings. The average Bonchev–Trinajstić information content (AvgIpc) is 2.73. The molecule has 3 rings (SSSR count). The van der Waals surface area contributed by atoms with Crippen molar-refractivity contribution in [1.29, 1.82) is 0 Å². The molecule has 1 aliphatic heterocycles. The maximum absolute atomic E-state index is 12.5. The highest BCUT2D eigenvalue weighted by Gasteiger charge is 2.29. The SMILES string of the molecule is Cc1cn(C)c(=O)n(CCCN2CCN(c3ccccc3OCC(F)(F)F)CC2)c1=O.Cl. The highest BCUT2D eigenvalue weighted by molar-refractivity contribution is 5.85. The molecule has 0 spiro atoms. The number of anilines is 1. The number of benzene rings is 1. The van der Waals surface area contributed by atoms with Crippen molar-refractivity contribution in [3.05, 3.63) is 56.9 Å². The topological polar surface area (TPSA) is 59.7 Å². The van der Waals surface area contributed by atoms with Crippen LogP contribution in [-0.4, -0.2) is 59.5 Å². The highest BCUT2D eigenvalue weighted by Crippen LogP contribution is 2.30. The number of ether oxygens (including phenoxy) is 1. The second-order valence-corrected chi connectivity index (χ2v) is 7.72. The van der Waals surface area contributed by atoms with Gasteiger partial charge in [-0.15, -0.1) is 12.4 Å². The van der Waals surface area contributed by atoms with Crippen molar-refractivity contribution in [1.82, 2.24) is 14.0 Å². The summed E-state index contributed by atoms with van der Waals surface area (Å²) in [6, 6.07) is 6.75. The fourth-order valence-electron chi connectivity index (χ4n) is 3.75. The van der Waals surface area contributed by atoms with E-state index in [1.165, 1.54) is 15.3 Å². The summed E-state index contributed by atoms with van der Waals surface area (Å²) in [5.74, 6) is 0.225. The minimum Gasteiger partial charge on any atom is -0.482 e. The normalized spacial score (nSPS) is 14.8. The van der Waals surface area contributed by atoms with Gasteiger partial charge < -0.3 is 14.2 Å². The van der Waals surface area contributed by atoms with Crippen LogP contribution in [0.15, 0.2) is 40.1 Å². The van der Waals surface area contributed by atoms with Gasteiger partial charge in [-0.25, -0.2) is 4.79 Å². The van der Waals surface area contributed by atoms with E-state index in [9.17, 15) is 22.8 Å². The van der Waals surface area contributed by atoms with E-state index in [-0.39, 0.29) is 29.4 Å². The first-order valence-electron chi connectivity index (χ1n) is 10.2. The van der Waals surface area contributed by atoms with Crippen molar-refractivity contribution in [2.45, 2.75) is 26.1 Å². The maximum atomic E-state index is 12.5. The molecular weight excluding hydrogens is 449 g/mol. The third-order valence-corrected chi connectivity index (χ3v) is 5.33. The molecule has 2 heterocycles. The van der Waals surface area contributed by atoms with E-state index in [2.05, 4.69) is 4.90 Å². The molecule has 0 unspecified atom stereocenters. The van der Waals surface area contributed by atoms with Crippen LogP contribution in [0.5, 0.6) is 5.75 Å². The van der Waals surface area contributed by atoms with Crippen molar-refractivity contribution in [2.75, 3.05) is 44.2 Å². The van der Waals surface area contributed by atoms with Gasteiger partial charge in [0.05, 0.1) is 5.69 Å². The second-order valence-electron chi connectivity index (χ2n) is 7.72. The van der Waals surface area contributed by atoms with Gasteiger partial charge in [-0.1, -0.05) is 12.1 Å². The molecular formula is C21H28ClF3N4O3. The number of hydrogen-bond donors (Lipinski definition) is 0. The molecule has 11 heteroatoms. The van der Waals surface area contributed by atoms with Gasteiger partial charge in [0.1, 0.15) is 5.75 Å². The van der Waals surface area contributed by atoms with Gasteiger partial charge in [0.15, 0.2) is 6.61 Å². The lowest BCUT2D eigenvalue weighted by molar-refractivity contribution is -0.153. The molecule has 0 saturated carbocycles. The van der Waals surface area contributed by atoms with E-state index < -0.39 is 12.8 Å². The van der Waals surface area contributed by atoms with Crippen molar-refractivity contribution < 1.29 is 17.9 Å². The molecule has 178 valence electrons. The van der Waals surface area contributed by atoms with Gasteiger partial charge in [0.25, 0.3) is 5.56 Å². The van der Waals surface area contributed by atoms with Gasteiger partial charge in [-0.2, -0.15) is 13.2 Å². The van der Waals surface area contributed by atoms with E-state index >= 15 is 0 Å². The fourth-order valence-corrected chi connectivity index (χ4v) is 3.75. The number of hydrogen-bond acceptors (Lipinski definition) is 5. The maximum Gasteiger partial charge on any atom is 0.422 e. The molecule has 0 atom stereocenters. The Hall–Kier alpha value is -2.46. The molecule has 7 nitrogen and oxygen atoms in total. The molecule has 1 aromatic carbocycles. The van der Waals surface area contributed by atoms with Gasteiger partial charge in [0, 0.05) is 51.5 Å². The minimum atomic E-state index is -4.38. The predicted molar refractivity (Wildman–Crippen MR) is 119 cm³/mol. The summed E-state index contributed by atoms with van der Waals surface area (Å²) >= 11 is 0. The Kier molecular flexibility index (Phi) is 8.80. The second kappa shape index (κ2) is 10.9. The monoisotopic (exact) mass is 476 g/mol. The molecule has 0 N–H and O–H groups in total. The van der Waals surface area contributed by atoms with Crippen LogP contribution in [-0.2, 0) is 13.6 Å². The van der Waals surface area contributed by atoms with E-state index in [1.807, 2.05) is 4.90 Å². The van der Waals surface area contributed by atoms with Crippen LogP contribution in [0.2, 0.25) is 0 Å². The third kappa shape index (κ3) is 6.52. The van der Waals surface area contributed by atoms with E-state index in [0.717, 1.165) is 19.6 Å². The molecule has 1 aromatic heterocycles. The van der Waals surface area contributed by atoms with Crippen LogP contribution in [0.25, 0.3) is 0 Å². The molecule has 32 heavy (non-hydrogen) atoms. The number of piperazine rings is 1. The third-order valence-electron chi connectivity index (χ3n) is 5.33. The van der Waals surface area contributed by atoms with Gasteiger partial charge in [0.2, 0.25) is 0 Å². The quantitative estimate of drug-likeness (QED) is 0.614. The van der Waals surface area contributed by atoms with E-state index in [4.69, 9.17) is 4.74 Å². The van der Waals surface area contributed by atoms with Crippen molar-refractivity contribution in [3.63, 3.8) is 0 Å². The zero-order valence-corrected chi connectivity index (χ0v) is 18.9. The number of halogens is 4. The standard InChI is InChI=1S/C21H27F3N4O3.ClH/c1-16-14-25(2)20(30)28(19(16)29)9-5-8-26-10-12-27(13-11-26)17-6-3-4-7-18(17)31-15-21(22,23)24;/h3-4,6-7,14H,5,8-13,15H2,1-2H3;1H. The number of aryl methyl sites for hydroxylation is 2. The molecule has 1 aliphatic rings. The smallest absolute Gasteiger partial charge is 0.422 e. The number of aromatic nitrogens is 2. The average molecular weight is 477 g/mol. The first-order valence-corrected chi connectivity index (χ1v) is 10.2.